The molecule has 0 radical (unpaired) electrons. The predicted octanol–water partition coefficient (Wildman–Crippen LogP) is 2.93. The van der Waals surface area contributed by atoms with Crippen molar-refractivity contribution < 1.29 is 14.3 Å². The molecule has 0 atom stereocenters. The smallest absolute Gasteiger partial charge is 0.338 e. The van der Waals surface area contributed by atoms with Crippen LogP contribution in [0, 0.1) is 13.8 Å². The molecule has 1 amide bonds. The van der Waals surface area contributed by atoms with E-state index in [1.165, 1.54) is 7.11 Å². The highest BCUT2D eigenvalue weighted by molar-refractivity contribution is 9.10. The third kappa shape index (κ3) is 4.30. The normalized spacial score (nSPS) is 10.7. The van der Waals surface area contributed by atoms with Crippen LogP contribution in [0.3, 0.4) is 0 Å². The Labute approximate surface area is 170 Å². The topological polar surface area (TPSA) is 91.0 Å². The molecule has 28 heavy (non-hydrogen) atoms. The van der Waals surface area contributed by atoms with Crippen molar-refractivity contribution in [3.63, 3.8) is 0 Å². The number of hydrogen-bond acceptors (Lipinski definition) is 5. The van der Waals surface area contributed by atoms with Gasteiger partial charge in [0.05, 0.1) is 47.0 Å². The summed E-state index contributed by atoms with van der Waals surface area (Å²) in [5.74, 6) is -0.590. The molecule has 1 aromatic carbocycles. The fourth-order valence-corrected chi connectivity index (χ4v) is 3.24. The largest absolute Gasteiger partial charge is 0.465 e. The van der Waals surface area contributed by atoms with E-state index in [2.05, 4.69) is 31.4 Å². The van der Waals surface area contributed by atoms with Crippen LogP contribution in [0.4, 0.5) is 5.69 Å². The number of benzene rings is 1. The number of halogens is 1. The van der Waals surface area contributed by atoms with Gasteiger partial charge in [-0.05, 0) is 41.4 Å². The van der Waals surface area contributed by atoms with Gasteiger partial charge in [0.1, 0.15) is 6.54 Å². The summed E-state index contributed by atoms with van der Waals surface area (Å²) >= 11 is 3.31. The average molecular weight is 446 g/mol. The minimum absolute atomic E-state index is 0.0980. The standard InChI is InChI=1S/C19H20BrN5O3/c1-12-18(22-17(26)11-24-10-15(20)8-21-24)13(2)25(23-12)9-14-6-4-5-7-16(14)19(27)28-3/h4-8,10H,9,11H2,1-3H3,(H,22,26). The number of aromatic nitrogens is 4. The number of rotatable bonds is 6. The Bertz CT molecular complexity index is 1020. The van der Waals surface area contributed by atoms with Gasteiger partial charge < -0.3 is 10.1 Å². The summed E-state index contributed by atoms with van der Waals surface area (Å²) in [7, 11) is 1.36. The van der Waals surface area contributed by atoms with Crippen molar-refractivity contribution in [2.24, 2.45) is 0 Å². The Hall–Kier alpha value is -2.94. The Kier molecular flexibility index (Phi) is 5.93. The number of amides is 1. The first-order valence-electron chi connectivity index (χ1n) is 8.57. The van der Waals surface area contributed by atoms with Gasteiger partial charge in [-0.3, -0.25) is 14.2 Å². The van der Waals surface area contributed by atoms with Crippen LogP contribution in [0.25, 0.3) is 0 Å². The van der Waals surface area contributed by atoms with E-state index in [-0.39, 0.29) is 12.5 Å². The van der Waals surface area contributed by atoms with E-state index in [9.17, 15) is 9.59 Å². The molecule has 1 N–H and O–H groups in total. The quantitative estimate of drug-likeness (QED) is 0.588. The molecule has 8 nitrogen and oxygen atoms in total. The maximum absolute atomic E-state index is 12.4. The van der Waals surface area contributed by atoms with Gasteiger partial charge in [-0.1, -0.05) is 18.2 Å². The number of ether oxygens (including phenoxy) is 1. The first kappa shape index (κ1) is 19.8. The third-order valence-electron chi connectivity index (χ3n) is 4.30. The van der Waals surface area contributed by atoms with Crippen LogP contribution in [0.15, 0.2) is 41.1 Å². The molecule has 0 bridgehead atoms. The summed E-state index contributed by atoms with van der Waals surface area (Å²) in [6, 6.07) is 7.23. The van der Waals surface area contributed by atoms with Gasteiger partial charge in [0.15, 0.2) is 0 Å². The zero-order valence-electron chi connectivity index (χ0n) is 15.8. The maximum Gasteiger partial charge on any atom is 0.338 e. The van der Waals surface area contributed by atoms with Crippen molar-refractivity contribution in [1.82, 2.24) is 19.6 Å². The van der Waals surface area contributed by atoms with Crippen molar-refractivity contribution in [3.05, 3.63) is 63.6 Å². The fourth-order valence-electron chi connectivity index (χ4n) is 2.91. The zero-order chi connectivity index (χ0) is 20.3. The minimum Gasteiger partial charge on any atom is -0.465 e. The van der Waals surface area contributed by atoms with E-state index in [0.717, 1.165) is 15.7 Å². The van der Waals surface area contributed by atoms with E-state index in [4.69, 9.17) is 4.74 Å². The van der Waals surface area contributed by atoms with Crippen LogP contribution in [-0.2, 0) is 22.6 Å². The van der Waals surface area contributed by atoms with Crippen LogP contribution >= 0.6 is 15.9 Å². The lowest BCUT2D eigenvalue weighted by molar-refractivity contribution is -0.116. The highest BCUT2D eigenvalue weighted by atomic mass is 79.9. The molecule has 2 heterocycles. The fraction of sp³-hybridized carbons (Fsp3) is 0.263. The van der Waals surface area contributed by atoms with Crippen molar-refractivity contribution in [3.8, 4) is 0 Å². The van der Waals surface area contributed by atoms with E-state index >= 15 is 0 Å². The number of hydrogen-bond donors (Lipinski definition) is 1. The van der Waals surface area contributed by atoms with Crippen LogP contribution < -0.4 is 5.32 Å². The third-order valence-corrected chi connectivity index (χ3v) is 4.71. The zero-order valence-corrected chi connectivity index (χ0v) is 17.4. The van der Waals surface area contributed by atoms with E-state index in [1.54, 1.807) is 33.9 Å². The lowest BCUT2D eigenvalue weighted by Gasteiger charge is -2.10. The molecule has 0 unspecified atom stereocenters. The van der Waals surface area contributed by atoms with Crippen molar-refractivity contribution in [2.45, 2.75) is 26.9 Å². The van der Waals surface area contributed by atoms with Gasteiger partial charge in [-0.25, -0.2) is 4.79 Å². The van der Waals surface area contributed by atoms with E-state index in [0.29, 0.717) is 23.5 Å². The number of carbonyl (C=O) groups excluding carboxylic acids is 2. The number of nitrogens with zero attached hydrogens (tertiary/aromatic N) is 4. The Balaban J connectivity index is 1.79. The maximum atomic E-state index is 12.4. The van der Waals surface area contributed by atoms with Gasteiger partial charge in [0, 0.05) is 6.20 Å². The first-order valence-corrected chi connectivity index (χ1v) is 9.36. The molecule has 3 rings (SSSR count). The Morgan fingerprint density at radius 1 is 1.25 bits per heavy atom. The molecule has 0 spiro atoms. The Morgan fingerprint density at radius 3 is 2.68 bits per heavy atom. The van der Waals surface area contributed by atoms with Crippen LogP contribution in [0.5, 0.6) is 0 Å². The molecule has 9 heteroatoms. The van der Waals surface area contributed by atoms with Crippen LogP contribution in [-0.4, -0.2) is 38.5 Å². The second-order valence-corrected chi connectivity index (χ2v) is 7.17. The van der Waals surface area contributed by atoms with Gasteiger partial charge in [-0.2, -0.15) is 10.2 Å². The molecular weight excluding hydrogens is 426 g/mol. The second kappa shape index (κ2) is 8.39. The molecule has 0 saturated carbocycles. The summed E-state index contributed by atoms with van der Waals surface area (Å²) in [6.45, 7) is 4.19. The van der Waals surface area contributed by atoms with Crippen LogP contribution in [0.2, 0.25) is 0 Å². The number of nitrogens with one attached hydrogen (secondary N) is 1. The Morgan fingerprint density at radius 2 is 2.00 bits per heavy atom. The number of carbonyl (C=O) groups is 2. The molecule has 3 aromatic rings. The molecule has 2 aromatic heterocycles. The molecule has 0 aliphatic heterocycles. The summed E-state index contributed by atoms with van der Waals surface area (Å²) in [5, 5.41) is 11.5. The summed E-state index contributed by atoms with van der Waals surface area (Å²) in [4.78, 5) is 24.3. The van der Waals surface area contributed by atoms with Crippen LogP contribution in [0.1, 0.15) is 27.3 Å². The van der Waals surface area contributed by atoms with E-state index in [1.807, 2.05) is 26.0 Å². The van der Waals surface area contributed by atoms with Gasteiger partial charge in [0.25, 0.3) is 0 Å². The van der Waals surface area contributed by atoms with E-state index < -0.39 is 5.97 Å². The number of methoxy groups -OCH3 is 1. The molecule has 0 aliphatic rings. The summed E-state index contributed by atoms with van der Waals surface area (Å²) in [5.41, 5.74) is 3.44. The summed E-state index contributed by atoms with van der Waals surface area (Å²) in [6.07, 6.45) is 3.35. The molecule has 0 saturated heterocycles. The lowest BCUT2D eigenvalue weighted by atomic mass is 10.1. The SMILES string of the molecule is COC(=O)c1ccccc1Cn1nc(C)c(NC(=O)Cn2cc(Br)cn2)c1C. The highest BCUT2D eigenvalue weighted by Gasteiger charge is 2.17. The molecular formula is C19H20BrN5O3. The van der Waals surface area contributed by atoms with Crippen molar-refractivity contribution >= 4 is 33.5 Å². The van der Waals surface area contributed by atoms with Crippen molar-refractivity contribution in [2.75, 3.05) is 12.4 Å². The van der Waals surface area contributed by atoms with Gasteiger partial charge >= 0.3 is 5.97 Å². The predicted molar refractivity (Wildman–Crippen MR) is 107 cm³/mol. The van der Waals surface area contributed by atoms with Gasteiger partial charge in [-0.15, -0.1) is 0 Å². The minimum atomic E-state index is -0.393. The van der Waals surface area contributed by atoms with Gasteiger partial charge in [0.2, 0.25) is 5.91 Å². The first-order chi connectivity index (χ1) is 13.4. The lowest BCUT2D eigenvalue weighted by Crippen LogP contribution is -2.19. The number of esters is 1. The number of aryl methyl sites for hydroxylation is 1. The second-order valence-electron chi connectivity index (χ2n) is 6.26. The average Bonchev–Trinajstić information content (AvgIpc) is 3.19. The number of anilines is 1. The summed E-state index contributed by atoms with van der Waals surface area (Å²) < 4.78 is 8.96. The highest BCUT2D eigenvalue weighted by Crippen LogP contribution is 2.22. The monoisotopic (exact) mass is 445 g/mol. The molecule has 0 aliphatic carbocycles. The van der Waals surface area contributed by atoms with Crippen molar-refractivity contribution in [1.29, 1.82) is 0 Å². The molecule has 146 valence electrons. The molecule has 0 fully saturated rings.